The number of anilines is 1. The molecule has 1 amide bonds. The van der Waals surface area contributed by atoms with Crippen LogP contribution in [0.25, 0.3) is 10.9 Å². The summed E-state index contributed by atoms with van der Waals surface area (Å²) >= 11 is 0. The molecule has 0 bridgehead atoms. The molecule has 40 heavy (non-hydrogen) atoms. The molecule has 204 valence electrons. The Balaban J connectivity index is 1.48. The van der Waals surface area contributed by atoms with E-state index in [1.165, 1.54) is 23.0 Å². The summed E-state index contributed by atoms with van der Waals surface area (Å²) in [5, 5.41) is 19.4. The minimum absolute atomic E-state index is 0.0782. The number of aromatic nitrogens is 2. The second kappa shape index (κ2) is 11.9. The van der Waals surface area contributed by atoms with E-state index in [0.717, 1.165) is 37.7 Å². The fourth-order valence-electron chi connectivity index (χ4n) is 4.91. The second-order valence-corrected chi connectivity index (χ2v) is 9.84. The lowest BCUT2D eigenvalue weighted by atomic mass is 9.88. The molecule has 5 rings (SSSR count). The number of amides is 1. The second-order valence-electron chi connectivity index (χ2n) is 9.84. The zero-order valence-electron chi connectivity index (χ0n) is 22.1. The van der Waals surface area contributed by atoms with E-state index in [9.17, 15) is 19.7 Å². The Bertz CT molecular complexity index is 1640. The van der Waals surface area contributed by atoms with E-state index in [4.69, 9.17) is 9.72 Å². The lowest BCUT2D eigenvalue weighted by Crippen LogP contribution is -2.25. The van der Waals surface area contributed by atoms with Gasteiger partial charge in [-0.15, -0.1) is 0 Å². The molecule has 1 aliphatic carbocycles. The van der Waals surface area contributed by atoms with Crippen molar-refractivity contribution in [2.24, 2.45) is 5.10 Å². The molecule has 4 aromatic rings. The van der Waals surface area contributed by atoms with Gasteiger partial charge in [0.2, 0.25) is 5.75 Å². The van der Waals surface area contributed by atoms with E-state index in [1.54, 1.807) is 30.3 Å². The van der Waals surface area contributed by atoms with Crippen LogP contribution in [-0.4, -0.2) is 33.3 Å². The number of aryl methyl sites for hydroxylation is 1. The SMILES string of the molecule is Cc1ccc(NC(=O)COc2c(C=Nn3c(C4CCCCC4)nc4ccccc4c3=O)cccc2[N+](=O)[O-])cc1. The first-order valence-electron chi connectivity index (χ1n) is 13.2. The van der Waals surface area contributed by atoms with Crippen LogP contribution in [0.15, 0.2) is 76.6 Å². The summed E-state index contributed by atoms with van der Waals surface area (Å²) in [6, 6.07) is 18.7. The minimum atomic E-state index is -0.582. The van der Waals surface area contributed by atoms with Crippen molar-refractivity contribution in [2.45, 2.75) is 44.9 Å². The lowest BCUT2D eigenvalue weighted by Gasteiger charge is -2.22. The van der Waals surface area contributed by atoms with Crippen LogP contribution in [0, 0.1) is 17.0 Å². The first-order chi connectivity index (χ1) is 19.4. The van der Waals surface area contributed by atoms with Crippen LogP contribution < -0.4 is 15.6 Å². The average molecular weight is 540 g/mol. The van der Waals surface area contributed by atoms with Gasteiger partial charge in [0.05, 0.1) is 22.0 Å². The third-order valence-corrected chi connectivity index (χ3v) is 6.97. The Labute approximate surface area is 230 Å². The van der Waals surface area contributed by atoms with Crippen LogP contribution in [0.3, 0.4) is 0 Å². The molecule has 3 aromatic carbocycles. The number of hydrogen-bond donors (Lipinski definition) is 1. The van der Waals surface area contributed by atoms with Gasteiger partial charge in [-0.1, -0.05) is 55.2 Å². The van der Waals surface area contributed by atoms with Crippen LogP contribution in [0.2, 0.25) is 0 Å². The number of nitrogens with one attached hydrogen (secondary N) is 1. The average Bonchev–Trinajstić information content (AvgIpc) is 2.97. The maximum Gasteiger partial charge on any atom is 0.311 e. The van der Waals surface area contributed by atoms with Crippen LogP contribution in [0.4, 0.5) is 11.4 Å². The quantitative estimate of drug-likeness (QED) is 0.177. The van der Waals surface area contributed by atoms with Gasteiger partial charge in [-0.25, -0.2) is 4.98 Å². The lowest BCUT2D eigenvalue weighted by molar-refractivity contribution is -0.385. The van der Waals surface area contributed by atoms with Crippen molar-refractivity contribution in [1.29, 1.82) is 0 Å². The molecule has 1 aliphatic rings. The van der Waals surface area contributed by atoms with Crippen molar-refractivity contribution >= 4 is 34.4 Å². The van der Waals surface area contributed by atoms with Crippen LogP contribution in [-0.2, 0) is 4.79 Å². The summed E-state index contributed by atoms with van der Waals surface area (Å²) < 4.78 is 6.97. The number of nitrogens with zero attached hydrogens (tertiary/aromatic N) is 4. The molecule has 1 fully saturated rings. The molecule has 1 N–H and O–H groups in total. The van der Waals surface area contributed by atoms with E-state index in [-0.39, 0.29) is 28.5 Å². The van der Waals surface area contributed by atoms with Crippen LogP contribution in [0.5, 0.6) is 5.75 Å². The molecular weight excluding hydrogens is 510 g/mol. The Morgan fingerprint density at radius 1 is 1.10 bits per heavy atom. The van der Waals surface area contributed by atoms with Gasteiger partial charge in [-0.05, 0) is 50.1 Å². The standard InChI is InChI=1S/C30H29N5O5/c1-20-14-16-23(17-15-20)32-27(36)19-40-28-22(10-7-13-26(28)35(38)39)18-31-34-29(21-8-3-2-4-9-21)33-25-12-6-5-11-24(25)30(34)37/h5-7,10-18,21H,2-4,8-9,19H2,1H3,(H,32,36). The zero-order valence-corrected chi connectivity index (χ0v) is 22.1. The maximum absolute atomic E-state index is 13.5. The molecule has 0 aliphatic heterocycles. The molecule has 1 aromatic heterocycles. The molecule has 0 atom stereocenters. The number of hydrogen-bond acceptors (Lipinski definition) is 7. The largest absolute Gasteiger partial charge is 0.476 e. The van der Waals surface area contributed by atoms with Crippen molar-refractivity contribution in [2.75, 3.05) is 11.9 Å². The Morgan fingerprint density at radius 2 is 1.85 bits per heavy atom. The van der Waals surface area contributed by atoms with E-state index >= 15 is 0 Å². The summed E-state index contributed by atoms with van der Waals surface area (Å²) in [4.78, 5) is 42.1. The van der Waals surface area contributed by atoms with Crippen molar-refractivity contribution < 1.29 is 14.5 Å². The zero-order chi connectivity index (χ0) is 28.1. The van der Waals surface area contributed by atoms with Crippen molar-refractivity contribution in [3.63, 3.8) is 0 Å². The monoisotopic (exact) mass is 539 g/mol. The van der Waals surface area contributed by atoms with E-state index < -0.39 is 17.4 Å². The van der Waals surface area contributed by atoms with Crippen LogP contribution in [0.1, 0.15) is 55.0 Å². The fraction of sp³-hybridized carbons (Fsp3) is 0.267. The highest BCUT2D eigenvalue weighted by Gasteiger charge is 2.23. The number of carbonyl (C=O) groups is 1. The fourth-order valence-corrected chi connectivity index (χ4v) is 4.91. The normalized spacial score (nSPS) is 13.9. The smallest absolute Gasteiger partial charge is 0.311 e. The number of nitro groups is 1. The highest BCUT2D eigenvalue weighted by molar-refractivity contribution is 5.92. The summed E-state index contributed by atoms with van der Waals surface area (Å²) in [5.74, 6) is 0.0651. The number of ether oxygens (including phenoxy) is 1. The van der Waals surface area contributed by atoms with E-state index in [2.05, 4.69) is 10.4 Å². The third-order valence-electron chi connectivity index (χ3n) is 6.97. The molecule has 1 saturated carbocycles. The van der Waals surface area contributed by atoms with Gasteiger partial charge >= 0.3 is 5.69 Å². The van der Waals surface area contributed by atoms with Gasteiger partial charge in [0, 0.05) is 23.2 Å². The van der Waals surface area contributed by atoms with Gasteiger partial charge in [-0.2, -0.15) is 9.78 Å². The number of carbonyl (C=O) groups excluding carboxylic acids is 1. The van der Waals surface area contributed by atoms with Crippen molar-refractivity contribution in [1.82, 2.24) is 9.66 Å². The van der Waals surface area contributed by atoms with Gasteiger partial charge in [0.1, 0.15) is 5.82 Å². The summed E-state index contributed by atoms with van der Waals surface area (Å²) in [6.07, 6.45) is 6.40. The Hall–Kier alpha value is -4.86. The van der Waals surface area contributed by atoms with Crippen molar-refractivity contribution in [3.05, 3.63) is 104 Å². The number of rotatable bonds is 8. The van der Waals surface area contributed by atoms with Gasteiger partial charge < -0.3 is 10.1 Å². The predicted octanol–water partition coefficient (Wildman–Crippen LogP) is 5.56. The molecule has 0 saturated heterocycles. The molecule has 1 heterocycles. The molecule has 0 spiro atoms. The topological polar surface area (TPSA) is 129 Å². The summed E-state index contributed by atoms with van der Waals surface area (Å²) in [5.41, 5.74) is 1.87. The van der Waals surface area contributed by atoms with Gasteiger partial charge in [-0.3, -0.25) is 19.7 Å². The molecule has 0 unspecified atom stereocenters. The number of benzene rings is 3. The highest BCUT2D eigenvalue weighted by Crippen LogP contribution is 2.33. The third kappa shape index (κ3) is 5.90. The predicted molar refractivity (Wildman–Crippen MR) is 153 cm³/mol. The molecular formula is C30H29N5O5. The molecule has 10 heteroatoms. The summed E-state index contributed by atoms with van der Waals surface area (Å²) in [6.45, 7) is 1.48. The summed E-state index contributed by atoms with van der Waals surface area (Å²) in [7, 11) is 0. The first kappa shape index (κ1) is 26.7. The first-order valence-corrected chi connectivity index (χ1v) is 13.2. The van der Waals surface area contributed by atoms with Gasteiger partial charge in [0.15, 0.2) is 6.61 Å². The van der Waals surface area contributed by atoms with E-state index in [0.29, 0.717) is 22.4 Å². The minimum Gasteiger partial charge on any atom is -0.476 e. The molecule has 0 radical (unpaired) electrons. The Kier molecular flexibility index (Phi) is 7.95. The van der Waals surface area contributed by atoms with Crippen molar-refractivity contribution in [3.8, 4) is 5.75 Å². The number of fused-ring (bicyclic) bond motifs is 1. The number of nitro benzene ring substituents is 1. The van der Waals surface area contributed by atoms with Gasteiger partial charge in [0.25, 0.3) is 11.5 Å². The maximum atomic E-state index is 13.5. The highest BCUT2D eigenvalue weighted by atomic mass is 16.6. The molecule has 10 nitrogen and oxygen atoms in total. The number of para-hydroxylation sites is 2. The van der Waals surface area contributed by atoms with Crippen LogP contribution >= 0.6 is 0 Å². The Morgan fingerprint density at radius 3 is 2.60 bits per heavy atom. The van der Waals surface area contributed by atoms with E-state index in [1.807, 2.05) is 31.2 Å².